The van der Waals surface area contributed by atoms with Crippen molar-refractivity contribution in [3.63, 3.8) is 0 Å². The largest absolute Gasteiger partial charge is 0.493 e. The van der Waals surface area contributed by atoms with E-state index in [0.29, 0.717) is 0 Å². The van der Waals surface area contributed by atoms with Gasteiger partial charge in [0.15, 0.2) is 5.75 Å². The molecule has 1 heterocycles. The number of aromatic nitrogens is 2. The second kappa shape index (κ2) is 6.39. The number of hydrogen-bond donors (Lipinski definition) is 1. The Kier molecular flexibility index (Phi) is 5.38. The average Bonchev–Trinajstić information content (AvgIpc) is 2.68. The summed E-state index contributed by atoms with van der Waals surface area (Å²) in [5.41, 5.74) is 7.05. The van der Waals surface area contributed by atoms with Gasteiger partial charge >= 0.3 is 0 Å². The van der Waals surface area contributed by atoms with E-state index in [0.717, 1.165) is 31.0 Å². The van der Waals surface area contributed by atoms with Crippen molar-refractivity contribution in [1.29, 1.82) is 0 Å². The smallest absolute Gasteiger partial charge is 0.160 e. The van der Waals surface area contributed by atoms with E-state index in [9.17, 15) is 0 Å². The summed E-state index contributed by atoms with van der Waals surface area (Å²) >= 11 is 0. The molecule has 0 aliphatic rings. The highest BCUT2D eigenvalue weighted by atomic mass is 16.5. The highest BCUT2D eigenvalue weighted by molar-refractivity contribution is 5.32. The lowest BCUT2D eigenvalue weighted by molar-refractivity contribution is 0.332. The first-order valence-corrected chi connectivity index (χ1v) is 6.78. The standard InChI is InChI=1S/C14H28N4O/c1-11(15)9-14(2,3)13-12(19-6)10-16-18(13)8-7-17(4)5/h10-11H,7-9,15H2,1-6H3. The van der Waals surface area contributed by atoms with Crippen LogP contribution in [0.25, 0.3) is 0 Å². The molecule has 110 valence electrons. The number of hydrogen-bond acceptors (Lipinski definition) is 4. The molecule has 0 saturated heterocycles. The van der Waals surface area contributed by atoms with Crippen LogP contribution in [0.3, 0.4) is 0 Å². The first kappa shape index (κ1) is 16.0. The molecule has 0 saturated carbocycles. The van der Waals surface area contributed by atoms with E-state index in [4.69, 9.17) is 10.5 Å². The Hall–Kier alpha value is -1.07. The monoisotopic (exact) mass is 268 g/mol. The van der Waals surface area contributed by atoms with Crippen molar-refractivity contribution in [1.82, 2.24) is 14.7 Å². The molecule has 0 spiro atoms. The fraction of sp³-hybridized carbons (Fsp3) is 0.786. The van der Waals surface area contributed by atoms with Crippen LogP contribution in [0.4, 0.5) is 0 Å². The molecule has 1 aromatic rings. The van der Waals surface area contributed by atoms with Crippen LogP contribution in [0.2, 0.25) is 0 Å². The highest BCUT2D eigenvalue weighted by Crippen LogP contribution is 2.34. The number of methoxy groups -OCH3 is 1. The van der Waals surface area contributed by atoms with Gasteiger partial charge in [0.25, 0.3) is 0 Å². The molecule has 0 fully saturated rings. The third kappa shape index (κ3) is 4.21. The maximum Gasteiger partial charge on any atom is 0.160 e. The van der Waals surface area contributed by atoms with Crippen molar-refractivity contribution in [3.8, 4) is 5.75 Å². The van der Waals surface area contributed by atoms with Crippen LogP contribution in [0, 0.1) is 0 Å². The molecule has 0 aromatic carbocycles. The number of likely N-dealkylation sites (N-methyl/N-ethyl adjacent to an activating group) is 1. The SMILES string of the molecule is COc1cnn(CCN(C)C)c1C(C)(C)CC(C)N. The van der Waals surface area contributed by atoms with Gasteiger partial charge in [0, 0.05) is 18.0 Å². The molecule has 1 atom stereocenters. The lowest BCUT2D eigenvalue weighted by atomic mass is 9.82. The van der Waals surface area contributed by atoms with Gasteiger partial charge < -0.3 is 15.4 Å². The van der Waals surface area contributed by atoms with Crippen molar-refractivity contribution < 1.29 is 4.74 Å². The summed E-state index contributed by atoms with van der Waals surface area (Å²) < 4.78 is 7.51. The summed E-state index contributed by atoms with van der Waals surface area (Å²) in [6.45, 7) is 8.24. The lowest BCUT2D eigenvalue weighted by Gasteiger charge is -2.28. The molecule has 0 aliphatic carbocycles. The predicted octanol–water partition coefficient (Wildman–Crippen LogP) is 1.47. The highest BCUT2D eigenvalue weighted by Gasteiger charge is 2.30. The lowest BCUT2D eigenvalue weighted by Crippen LogP contribution is -2.32. The van der Waals surface area contributed by atoms with Crippen LogP contribution in [-0.2, 0) is 12.0 Å². The molecule has 19 heavy (non-hydrogen) atoms. The van der Waals surface area contributed by atoms with E-state index in [1.54, 1.807) is 13.3 Å². The molecule has 5 nitrogen and oxygen atoms in total. The van der Waals surface area contributed by atoms with Crippen molar-refractivity contribution in [3.05, 3.63) is 11.9 Å². The summed E-state index contributed by atoms with van der Waals surface area (Å²) in [6.07, 6.45) is 2.70. The van der Waals surface area contributed by atoms with Crippen molar-refractivity contribution >= 4 is 0 Å². The van der Waals surface area contributed by atoms with Gasteiger partial charge in [-0.05, 0) is 27.4 Å². The minimum absolute atomic E-state index is 0.0533. The zero-order chi connectivity index (χ0) is 14.6. The minimum Gasteiger partial charge on any atom is -0.493 e. The Balaban J connectivity index is 3.04. The van der Waals surface area contributed by atoms with E-state index < -0.39 is 0 Å². The van der Waals surface area contributed by atoms with Crippen LogP contribution in [0.5, 0.6) is 5.75 Å². The first-order chi connectivity index (χ1) is 8.77. The molecule has 1 aromatic heterocycles. The summed E-state index contributed by atoms with van der Waals surface area (Å²) in [7, 11) is 5.82. The van der Waals surface area contributed by atoms with Crippen LogP contribution < -0.4 is 10.5 Å². The van der Waals surface area contributed by atoms with E-state index in [-0.39, 0.29) is 11.5 Å². The Morgan fingerprint density at radius 1 is 1.47 bits per heavy atom. The molecule has 5 heteroatoms. The quantitative estimate of drug-likeness (QED) is 0.813. The maximum atomic E-state index is 5.97. The zero-order valence-electron chi connectivity index (χ0n) is 13.1. The topological polar surface area (TPSA) is 56.3 Å². The predicted molar refractivity (Wildman–Crippen MR) is 78.6 cm³/mol. The van der Waals surface area contributed by atoms with E-state index in [1.165, 1.54) is 0 Å². The van der Waals surface area contributed by atoms with Gasteiger partial charge in [0.05, 0.1) is 25.5 Å². The Morgan fingerprint density at radius 2 is 2.11 bits per heavy atom. The second-order valence-electron chi connectivity index (χ2n) is 6.15. The Morgan fingerprint density at radius 3 is 2.58 bits per heavy atom. The summed E-state index contributed by atoms with van der Waals surface area (Å²) in [6, 6.07) is 0.150. The summed E-state index contributed by atoms with van der Waals surface area (Å²) in [5.74, 6) is 0.851. The Labute approximate surface area is 116 Å². The molecule has 0 amide bonds. The second-order valence-corrected chi connectivity index (χ2v) is 6.15. The summed E-state index contributed by atoms with van der Waals surface area (Å²) in [4.78, 5) is 2.15. The van der Waals surface area contributed by atoms with Crippen LogP contribution in [0.1, 0.15) is 32.9 Å². The minimum atomic E-state index is -0.0533. The van der Waals surface area contributed by atoms with Gasteiger partial charge in [-0.3, -0.25) is 4.68 Å². The maximum absolute atomic E-state index is 5.97. The third-order valence-corrected chi connectivity index (χ3v) is 3.26. The number of nitrogens with zero attached hydrogens (tertiary/aromatic N) is 3. The van der Waals surface area contributed by atoms with Gasteiger partial charge in [0.2, 0.25) is 0 Å². The van der Waals surface area contributed by atoms with Gasteiger partial charge in [0.1, 0.15) is 0 Å². The molecule has 0 bridgehead atoms. The van der Waals surface area contributed by atoms with Crippen LogP contribution >= 0.6 is 0 Å². The number of nitrogens with two attached hydrogens (primary N) is 1. The van der Waals surface area contributed by atoms with Gasteiger partial charge in [-0.25, -0.2) is 0 Å². The Bertz CT molecular complexity index is 396. The average molecular weight is 268 g/mol. The zero-order valence-corrected chi connectivity index (χ0v) is 13.1. The molecule has 2 N–H and O–H groups in total. The van der Waals surface area contributed by atoms with E-state index >= 15 is 0 Å². The van der Waals surface area contributed by atoms with Crippen molar-refractivity contribution in [2.45, 2.75) is 45.2 Å². The first-order valence-electron chi connectivity index (χ1n) is 6.78. The fourth-order valence-electron chi connectivity index (χ4n) is 2.57. The van der Waals surface area contributed by atoms with E-state index in [1.807, 2.05) is 11.6 Å². The van der Waals surface area contributed by atoms with Crippen molar-refractivity contribution in [2.24, 2.45) is 5.73 Å². The molecular formula is C14H28N4O. The van der Waals surface area contributed by atoms with Crippen molar-refractivity contribution in [2.75, 3.05) is 27.7 Å². The number of ether oxygens (including phenoxy) is 1. The summed E-state index contributed by atoms with van der Waals surface area (Å²) in [5, 5.41) is 4.46. The van der Waals surface area contributed by atoms with Crippen LogP contribution in [0.15, 0.2) is 6.20 Å². The van der Waals surface area contributed by atoms with Gasteiger partial charge in [-0.15, -0.1) is 0 Å². The molecule has 0 aliphatic heterocycles. The molecule has 1 unspecified atom stereocenters. The molecule has 0 radical (unpaired) electrons. The van der Waals surface area contributed by atoms with E-state index in [2.05, 4.69) is 37.9 Å². The van der Waals surface area contributed by atoms with Gasteiger partial charge in [-0.1, -0.05) is 13.8 Å². The molecular weight excluding hydrogens is 240 g/mol. The molecule has 1 rings (SSSR count). The fourth-order valence-corrected chi connectivity index (χ4v) is 2.57. The third-order valence-electron chi connectivity index (χ3n) is 3.26. The van der Waals surface area contributed by atoms with Gasteiger partial charge in [-0.2, -0.15) is 5.10 Å². The van der Waals surface area contributed by atoms with Crippen LogP contribution in [-0.4, -0.2) is 48.5 Å². The number of rotatable bonds is 7. The normalized spacial score (nSPS) is 13.9.